The molecule has 1 heterocycles. The maximum Gasteiger partial charge on any atom is 0.245 e. The van der Waals surface area contributed by atoms with Crippen LogP contribution in [0.3, 0.4) is 0 Å². The molecule has 3 nitrogen and oxygen atoms in total. The Hall–Kier alpha value is -0.930. The number of rotatable bonds is 3. The Morgan fingerprint density at radius 3 is 2.58 bits per heavy atom. The van der Waals surface area contributed by atoms with Gasteiger partial charge in [0.1, 0.15) is 11.1 Å². The highest BCUT2D eigenvalue weighted by molar-refractivity contribution is 6.33. The molecular weight excluding hydrogens is 285 g/mol. The van der Waals surface area contributed by atoms with Crippen LogP contribution in [0.2, 0.25) is 5.02 Å². The van der Waals surface area contributed by atoms with Crippen molar-refractivity contribution in [3.8, 4) is 5.75 Å². The van der Waals surface area contributed by atoms with E-state index in [1.54, 1.807) is 25.3 Å². The van der Waals surface area contributed by atoms with Crippen molar-refractivity contribution in [1.29, 1.82) is 0 Å². The Bertz CT molecular complexity index is 459. The summed E-state index contributed by atoms with van der Waals surface area (Å²) in [5, 5.41) is -0.210. The van der Waals surface area contributed by atoms with Gasteiger partial charge < -0.3 is 9.64 Å². The zero-order valence-electron chi connectivity index (χ0n) is 10.9. The van der Waals surface area contributed by atoms with Crippen molar-refractivity contribution in [2.45, 2.75) is 24.6 Å². The molecule has 1 fully saturated rings. The van der Waals surface area contributed by atoms with Crippen LogP contribution in [0.5, 0.6) is 5.75 Å². The van der Waals surface area contributed by atoms with Crippen LogP contribution in [0.1, 0.15) is 30.2 Å². The molecule has 5 heteroatoms. The molecule has 0 aliphatic carbocycles. The summed E-state index contributed by atoms with van der Waals surface area (Å²) in [5.74, 6) is 0.544. The molecule has 0 spiro atoms. The molecule has 0 bridgehead atoms. The van der Waals surface area contributed by atoms with E-state index < -0.39 is 5.38 Å². The van der Waals surface area contributed by atoms with Gasteiger partial charge in [-0.15, -0.1) is 11.6 Å². The van der Waals surface area contributed by atoms with E-state index in [-0.39, 0.29) is 5.91 Å². The monoisotopic (exact) mass is 301 g/mol. The fraction of sp³-hybridized carbons (Fsp3) is 0.500. The molecule has 1 unspecified atom stereocenters. The second kappa shape index (κ2) is 6.49. The van der Waals surface area contributed by atoms with Gasteiger partial charge in [-0.05, 0) is 37.0 Å². The van der Waals surface area contributed by atoms with E-state index in [2.05, 4.69) is 0 Å². The van der Waals surface area contributed by atoms with E-state index >= 15 is 0 Å². The van der Waals surface area contributed by atoms with Gasteiger partial charge in [-0.2, -0.15) is 0 Å². The molecule has 0 aromatic heterocycles. The highest BCUT2D eigenvalue weighted by Crippen LogP contribution is 2.31. The number of hydrogen-bond acceptors (Lipinski definition) is 2. The lowest BCUT2D eigenvalue weighted by molar-refractivity contribution is -0.131. The molecular formula is C14H17Cl2NO2. The van der Waals surface area contributed by atoms with Crippen LogP contribution < -0.4 is 4.74 Å². The third-order valence-corrected chi connectivity index (χ3v) is 4.09. The number of carbonyl (C=O) groups excluding carboxylic acids is 1. The van der Waals surface area contributed by atoms with Gasteiger partial charge in [0.2, 0.25) is 5.91 Å². The lowest BCUT2D eigenvalue weighted by Gasteiger charge is -2.28. The second-order valence-corrected chi connectivity index (χ2v) is 5.49. The normalized spacial score (nSPS) is 17.1. The van der Waals surface area contributed by atoms with Crippen LogP contribution in [0, 0.1) is 0 Å². The number of alkyl halides is 1. The van der Waals surface area contributed by atoms with E-state index in [9.17, 15) is 4.79 Å². The van der Waals surface area contributed by atoms with Crippen LogP contribution in [-0.2, 0) is 4.79 Å². The summed E-state index contributed by atoms with van der Waals surface area (Å²) in [4.78, 5) is 14.1. The molecule has 0 N–H and O–H groups in total. The smallest absolute Gasteiger partial charge is 0.245 e. The predicted molar refractivity (Wildman–Crippen MR) is 77.0 cm³/mol. The number of nitrogens with zero attached hydrogens (tertiary/aromatic N) is 1. The summed E-state index contributed by atoms with van der Waals surface area (Å²) in [6, 6.07) is 5.21. The Labute approximate surface area is 123 Å². The minimum absolute atomic E-state index is 0.0393. The van der Waals surface area contributed by atoms with Crippen molar-refractivity contribution in [1.82, 2.24) is 4.90 Å². The first-order valence-corrected chi connectivity index (χ1v) is 7.21. The predicted octanol–water partition coefficient (Wildman–Crippen LogP) is 3.64. The molecule has 19 heavy (non-hydrogen) atoms. The molecule has 2 rings (SSSR count). The Morgan fingerprint density at radius 1 is 1.32 bits per heavy atom. The largest absolute Gasteiger partial charge is 0.495 e. The van der Waals surface area contributed by atoms with E-state index in [0.717, 1.165) is 25.9 Å². The fourth-order valence-electron chi connectivity index (χ4n) is 2.26. The third-order valence-electron chi connectivity index (χ3n) is 3.35. The Kier molecular flexibility index (Phi) is 4.94. The number of benzene rings is 1. The molecule has 1 aliphatic rings. The van der Waals surface area contributed by atoms with Gasteiger partial charge in [0.15, 0.2) is 0 Å². The lowest BCUT2D eigenvalue weighted by atomic mass is 10.1. The van der Waals surface area contributed by atoms with Crippen LogP contribution in [0.25, 0.3) is 0 Å². The zero-order valence-corrected chi connectivity index (χ0v) is 12.4. The highest BCUT2D eigenvalue weighted by Gasteiger charge is 2.25. The van der Waals surface area contributed by atoms with Crippen molar-refractivity contribution in [3.63, 3.8) is 0 Å². The van der Waals surface area contributed by atoms with Crippen molar-refractivity contribution in [3.05, 3.63) is 28.8 Å². The van der Waals surface area contributed by atoms with E-state index in [1.807, 2.05) is 4.90 Å². The molecule has 1 atom stereocenters. The van der Waals surface area contributed by atoms with Crippen molar-refractivity contribution >= 4 is 29.1 Å². The molecule has 1 aliphatic heterocycles. The first kappa shape index (κ1) is 14.5. The van der Waals surface area contributed by atoms with Crippen molar-refractivity contribution in [2.24, 2.45) is 0 Å². The third kappa shape index (κ3) is 3.34. The minimum atomic E-state index is -0.679. The maximum atomic E-state index is 12.3. The fourth-order valence-corrected chi connectivity index (χ4v) is 2.80. The quantitative estimate of drug-likeness (QED) is 0.798. The molecule has 0 radical (unpaired) electrons. The standard InChI is InChI=1S/C14H17Cl2NO2/c1-19-12-6-5-10(9-11(12)15)13(16)14(18)17-7-3-2-4-8-17/h5-6,9,13H,2-4,7-8H2,1H3. The van der Waals surface area contributed by atoms with Crippen molar-refractivity contribution in [2.75, 3.05) is 20.2 Å². The topological polar surface area (TPSA) is 29.5 Å². The first-order valence-electron chi connectivity index (χ1n) is 6.40. The summed E-state index contributed by atoms with van der Waals surface area (Å²) < 4.78 is 5.09. The second-order valence-electron chi connectivity index (χ2n) is 4.64. The van der Waals surface area contributed by atoms with E-state index in [1.165, 1.54) is 6.42 Å². The number of halogens is 2. The first-order chi connectivity index (χ1) is 9.13. The summed E-state index contributed by atoms with van der Waals surface area (Å²) >= 11 is 12.3. The van der Waals surface area contributed by atoms with Crippen LogP contribution >= 0.6 is 23.2 Å². The number of hydrogen-bond donors (Lipinski definition) is 0. The molecule has 1 aromatic carbocycles. The molecule has 104 valence electrons. The summed E-state index contributed by atoms with van der Waals surface area (Å²) in [6.07, 6.45) is 3.29. The van der Waals surface area contributed by atoms with Gasteiger partial charge in [-0.25, -0.2) is 0 Å². The Morgan fingerprint density at radius 2 is 2.00 bits per heavy atom. The molecule has 1 amide bonds. The van der Waals surface area contributed by atoms with Crippen molar-refractivity contribution < 1.29 is 9.53 Å². The van der Waals surface area contributed by atoms with Crippen LogP contribution in [-0.4, -0.2) is 31.0 Å². The summed E-state index contributed by atoms with van der Waals surface area (Å²) in [5.41, 5.74) is 0.711. The summed E-state index contributed by atoms with van der Waals surface area (Å²) in [6.45, 7) is 1.60. The maximum absolute atomic E-state index is 12.3. The van der Waals surface area contributed by atoms with Gasteiger partial charge >= 0.3 is 0 Å². The number of ether oxygens (including phenoxy) is 1. The van der Waals surface area contributed by atoms with Crippen LogP contribution in [0.15, 0.2) is 18.2 Å². The number of carbonyl (C=O) groups is 1. The van der Waals surface area contributed by atoms with Crippen LogP contribution in [0.4, 0.5) is 0 Å². The van der Waals surface area contributed by atoms with Gasteiger partial charge in [0, 0.05) is 13.1 Å². The average Bonchev–Trinajstić information content (AvgIpc) is 2.46. The molecule has 1 aromatic rings. The van der Waals surface area contributed by atoms with E-state index in [4.69, 9.17) is 27.9 Å². The van der Waals surface area contributed by atoms with Gasteiger partial charge in [0.25, 0.3) is 0 Å². The number of likely N-dealkylation sites (tertiary alicyclic amines) is 1. The SMILES string of the molecule is COc1ccc(C(Cl)C(=O)N2CCCCC2)cc1Cl. The molecule has 1 saturated heterocycles. The highest BCUT2D eigenvalue weighted by atomic mass is 35.5. The van der Waals surface area contributed by atoms with E-state index in [0.29, 0.717) is 16.3 Å². The zero-order chi connectivity index (χ0) is 13.8. The van der Waals surface area contributed by atoms with Gasteiger partial charge in [-0.1, -0.05) is 17.7 Å². The lowest BCUT2D eigenvalue weighted by Crippen LogP contribution is -2.37. The Balaban J connectivity index is 2.11. The number of amides is 1. The molecule has 0 saturated carbocycles. The minimum Gasteiger partial charge on any atom is -0.495 e. The van der Waals surface area contributed by atoms with Gasteiger partial charge in [-0.3, -0.25) is 4.79 Å². The van der Waals surface area contributed by atoms with Gasteiger partial charge in [0.05, 0.1) is 12.1 Å². The number of piperidine rings is 1. The number of methoxy groups -OCH3 is 1. The summed E-state index contributed by atoms with van der Waals surface area (Å²) in [7, 11) is 1.55. The average molecular weight is 302 g/mol.